The van der Waals surface area contributed by atoms with Crippen LogP contribution in [0.5, 0.6) is 0 Å². The van der Waals surface area contributed by atoms with Crippen LogP contribution in [0.25, 0.3) is 11.5 Å². The molecule has 0 aliphatic heterocycles. The zero-order valence-electron chi connectivity index (χ0n) is 14.6. The highest BCUT2D eigenvalue weighted by molar-refractivity contribution is 5.53. The summed E-state index contributed by atoms with van der Waals surface area (Å²) in [6.45, 7) is 5.16. The van der Waals surface area contributed by atoms with Gasteiger partial charge in [-0.15, -0.1) is 10.2 Å². The maximum Gasteiger partial charge on any atom is 0.416 e. The van der Waals surface area contributed by atoms with Crippen molar-refractivity contribution in [1.82, 2.24) is 10.2 Å². The highest BCUT2D eigenvalue weighted by atomic mass is 19.4. The van der Waals surface area contributed by atoms with Crippen LogP contribution in [-0.2, 0) is 6.18 Å². The van der Waals surface area contributed by atoms with Crippen LogP contribution in [-0.4, -0.2) is 10.2 Å². The fourth-order valence-corrected chi connectivity index (χ4v) is 2.55. The van der Waals surface area contributed by atoms with Crippen molar-refractivity contribution in [1.29, 1.82) is 0 Å². The molecule has 0 radical (unpaired) electrons. The standard InChI is InChI=1S/C19H18F3N3O/c1-11-4-7-14(8-5-11)18-25-24-17(26-18)13(3)23-15-9-6-12(2)16(10-15)19(20,21)22/h4-10,13,23H,1-3H3/t13-/m0/s1. The van der Waals surface area contributed by atoms with Crippen LogP contribution in [0.1, 0.15) is 35.5 Å². The maximum absolute atomic E-state index is 13.0. The highest BCUT2D eigenvalue weighted by Gasteiger charge is 2.32. The van der Waals surface area contributed by atoms with E-state index in [1.807, 2.05) is 31.2 Å². The topological polar surface area (TPSA) is 51.0 Å². The molecule has 0 bridgehead atoms. The van der Waals surface area contributed by atoms with Crippen molar-refractivity contribution in [2.45, 2.75) is 33.0 Å². The minimum Gasteiger partial charge on any atom is -0.418 e. The molecule has 0 saturated heterocycles. The molecule has 0 spiro atoms. The van der Waals surface area contributed by atoms with Crippen LogP contribution in [0.2, 0.25) is 0 Å². The largest absolute Gasteiger partial charge is 0.418 e. The SMILES string of the molecule is Cc1ccc(-c2nnc([C@H](C)Nc3ccc(C)c(C(F)(F)F)c3)o2)cc1. The zero-order chi connectivity index (χ0) is 18.9. The second-order valence-electron chi connectivity index (χ2n) is 6.20. The Morgan fingerprint density at radius 2 is 1.69 bits per heavy atom. The van der Waals surface area contributed by atoms with Crippen molar-refractivity contribution in [3.05, 3.63) is 65.0 Å². The third kappa shape index (κ3) is 3.87. The Bertz CT molecular complexity index is 901. The Kier molecular flexibility index (Phi) is 4.71. The molecule has 7 heteroatoms. The van der Waals surface area contributed by atoms with Gasteiger partial charge in [-0.1, -0.05) is 23.8 Å². The Hall–Kier alpha value is -2.83. The van der Waals surface area contributed by atoms with Crippen LogP contribution in [0, 0.1) is 13.8 Å². The zero-order valence-corrected chi connectivity index (χ0v) is 14.6. The van der Waals surface area contributed by atoms with Crippen LogP contribution < -0.4 is 5.32 Å². The molecule has 2 aromatic carbocycles. The molecule has 1 N–H and O–H groups in total. The first kappa shape index (κ1) is 18.0. The molecule has 0 saturated carbocycles. The number of halogens is 3. The predicted molar refractivity (Wildman–Crippen MR) is 92.7 cm³/mol. The first-order chi connectivity index (χ1) is 12.2. The molecule has 3 rings (SSSR count). The number of alkyl halides is 3. The molecule has 26 heavy (non-hydrogen) atoms. The number of hydrogen-bond donors (Lipinski definition) is 1. The summed E-state index contributed by atoms with van der Waals surface area (Å²) in [4.78, 5) is 0. The molecular formula is C19H18F3N3O. The van der Waals surface area contributed by atoms with Crippen molar-refractivity contribution < 1.29 is 17.6 Å². The summed E-state index contributed by atoms with van der Waals surface area (Å²) < 4.78 is 44.8. The average Bonchev–Trinajstić information content (AvgIpc) is 3.06. The third-order valence-electron chi connectivity index (χ3n) is 4.04. The molecule has 0 aliphatic rings. The summed E-state index contributed by atoms with van der Waals surface area (Å²) in [5.74, 6) is 0.670. The first-order valence-corrected chi connectivity index (χ1v) is 8.09. The van der Waals surface area contributed by atoms with E-state index in [1.54, 1.807) is 13.0 Å². The summed E-state index contributed by atoms with van der Waals surface area (Å²) in [6, 6.07) is 11.3. The number of aromatic nitrogens is 2. The smallest absolute Gasteiger partial charge is 0.416 e. The lowest BCUT2D eigenvalue weighted by Crippen LogP contribution is -2.11. The summed E-state index contributed by atoms with van der Waals surface area (Å²) >= 11 is 0. The lowest BCUT2D eigenvalue weighted by molar-refractivity contribution is -0.138. The summed E-state index contributed by atoms with van der Waals surface area (Å²) in [7, 11) is 0. The molecule has 0 unspecified atom stereocenters. The number of benzene rings is 2. The van der Waals surface area contributed by atoms with Gasteiger partial charge in [0.05, 0.1) is 5.56 Å². The van der Waals surface area contributed by atoms with Gasteiger partial charge in [0.15, 0.2) is 0 Å². The van der Waals surface area contributed by atoms with Crippen LogP contribution in [0.4, 0.5) is 18.9 Å². The fourth-order valence-electron chi connectivity index (χ4n) is 2.55. The number of aryl methyl sites for hydroxylation is 2. The Labute approximate surface area is 149 Å². The molecule has 1 heterocycles. The summed E-state index contributed by atoms with van der Waals surface area (Å²) in [5.41, 5.74) is 1.75. The van der Waals surface area contributed by atoms with Crippen molar-refractivity contribution in [3.8, 4) is 11.5 Å². The predicted octanol–water partition coefficient (Wildman–Crippen LogP) is 5.55. The fraction of sp³-hybridized carbons (Fsp3) is 0.263. The van der Waals surface area contributed by atoms with Gasteiger partial charge in [-0.05, 0) is 50.6 Å². The molecule has 4 nitrogen and oxygen atoms in total. The molecule has 0 fully saturated rings. The van der Waals surface area contributed by atoms with E-state index in [4.69, 9.17) is 4.42 Å². The molecular weight excluding hydrogens is 343 g/mol. The van der Waals surface area contributed by atoms with Crippen molar-refractivity contribution in [2.75, 3.05) is 5.32 Å². The minimum absolute atomic E-state index is 0.176. The van der Waals surface area contributed by atoms with Gasteiger partial charge in [0, 0.05) is 11.3 Å². The third-order valence-corrected chi connectivity index (χ3v) is 4.04. The van der Waals surface area contributed by atoms with E-state index >= 15 is 0 Å². The van der Waals surface area contributed by atoms with Gasteiger partial charge in [-0.2, -0.15) is 13.2 Å². The molecule has 1 atom stereocenters. The molecule has 0 amide bonds. The summed E-state index contributed by atoms with van der Waals surface area (Å²) in [6.07, 6.45) is -4.39. The second-order valence-corrected chi connectivity index (χ2v) is 6.20. The number of nitrogens with one attached hydrogen (secondary N) is 1. The van der Waals surface area contributed by atoms with Gasteiger partial charge in [0.2, 0.25) is 11.8 Å². The van der Waals surface area contributed by atoms with Crippen molar-refractivity contribution in [3.63, 3.8) is 0 Å². The normalized spacial score (nSPS) is 12.8. The van der Waals surface area contributed by atoms with Crippen LogP contribution >= 0.6 is 0 Å². The van der Waals surface area contributed by atoms with E-state index in [1.165, 1.54) is 13.0 Å². The quantitative estimate of drug-likeness (QED) is 0.662. The van der Waals surface area contributed by atoms with E-state index < -0.39 is 17.8 Å². The lowest BCUT2D eigenvalue weighted by atomic mass is 10.1. The Morgan fingerprint density at radius 1 is 1.00 bits per heavy atom. The van der Waals surface area contributed by atoms with Gasteiger partial charge in [0.1, 0.15) is 6.04 Å². The number of rotatable bonds is 4. The molecule has 136 valence electrons. The van der Waals surface area contributed by atoms with E-state index in [2.05, 4.69) is 15.5 Å². The van der Waals surface area contributed by atoms with Crippen LogP contribution in [0.15, 0.2) is 46.9 Å². The number of nitrogens with zero attached hydrogens (tertiary/aromatic N) is 2. The lowest BCUT2D eigenvalue weighted by Gasteiger charge is -2.15. The average molecular weight is 361 g/mol. The maximum atomic E-state index is 13.0. The van der Waals surface area contributed by atoms with Gasteiger partial charge in [-0.3, -0.25) is 0 Å². The van der Waals surface area contributed by atoms with E-state index in [0.29, 0.717) is 17.5 Å². The van der Waals surface area contributed by atoms with Crippen LogP contribution in [0.3, 0.4) is 0 Å². The number of anilines is 1. The van der Waals surface area contributed by atoms with Gasteiger partial charge < -0.3 is 9.73 Å². The Balaban J connectivity index is 1.79. The monoisotopic (exact) mass is 361 g/mol. The van der Waals surface area contributed by atoms with Gasteiger partial charge in [-0.25, -0.2) is 0 Å². The van der Waals surface area contributed by atoms with Crippen molar-refractivity contribution >= 4 is 5.69 Å². The van der Waals surface area contributed by atoms with E-state index in [-0.39, 0.29) is 5.56 Å². The number of hydrogen-bond acceptors (Lipinski definition) is 4. The second kappa shape index (κ2) is 6.82. The van der Waals surface area contributed by atoms with Crippen molar-refractivity contribution in [2.24, 2.45) is 0 Å². The van der Waals surface area contributed by atoms with E-state index in [0.717, 1.165) is 17.2 Å². The van der Waals surface area contributed by atoms with Gasteiger partial charge in [0.25, 0.3) is 0 Å². The summed E-state index contributed by atoms with van der Waals surface area (Å²) in [5, 5.41) is 11.0. The first-order valence-electron chi connectivity index (χ1n) is 8.09. The highest BCUT2D eigenvalue weighted by Crippen LogP contribution is 2.34. The molecule has 1 aromatic heterocycles. The Morgan fingerprint density at radius 3 is 2.35 bits per heavy atom. The minimum atomic E-state index is -4.39. The molecule has 3 aromatic rings. The van der Waals surface area contributed by atoms with E-state index in [9.17, 15) is 13.2 Å². The van der Waals surface area contributed by atoms with Gasteiger partial charge >= 0.3 is 6.18 Å². The molecule has 0 aliphatic carbocycles.